The number of carbonyl (C=O) groups is 2. The van der Waals surface area contributed by atoms with Crippen LogP contribution in [-0.2, 0) is 11.3 Å². The van der Waals surface area contributed by atoms with Gasteiger partial charge < -0.3 is 20.4 Å². The van der Waals surface area contributed by atoms with E-state index in [9.17, 15) is 14.0 Å². The zero-order chi connectivity index (χ0) is 23.9. The van der Waals surface area contributed by atoms with Crippen molar-refractivity contribution in [3.8, 4) is 0 Å². The Kier molecular flexibility index (Phi) is 7.54. The van der Waals surface area contributed by atoms with E-state index in [4.69, 9.17) is 0 Å². The fraction of sp³-hybridized carbons (Fsp3) is 0.259. The van der Waals surface area contributed by atoms with Crippen LogP contribution in [0.2, 0.25) is 0 Å². The molecule has 1 saturated heterocycles. The molecule has 4 rings (SSSR count). The van der Waals surface area contributed by atoms with Crippen LogP contribution in [0.15, 0.2) is 72.8 Å². The van der Waals surface area contributed by atoms with Crippen molar-refractivity contribution >= 4 is 23.2 Å². The molecule has 0 atom stereocenters. The summed E-state index contributed by atoms with van der Waals surface area (Å²) < 4.78 is 12.9. The van der Waals surface area contributed by atoms with Crippen molar-refractivity contribution in [3.63, 3.8) is 0 Å². The molecule has 0 aliphatic carbocycles. The Hall–Kier alpha value is -3.71. The molecule has 1 aliphatic rings. The van der Waals surface area contributed by atoms with E-state index in [1.807, 2.05) is 60.4 Å². The van der Waals surface area contributed by atoms with Gasteiger partial charge in [-0.3, -0.25) is 9.59 Å². The highest BCUT2D eigenvalue weighted by molar-refractivity contribution is 5.94. The van der Waals surface area contributed by atoms with E-state index in [0.717, 1.165) is 41.2 Å². The van der Waals surface area contributed by atoms with E-state index < -0.39 is 0 Å². The lowest BCUT2D eigenvalue weighted by molar-refractivity contribution is -0.115. The van der Waals surface area contributed by atoms with E-state index in [1.165, 1.54) is 12.1 Å². The normalized spacial score (nSPS) is 13.6. The number of benzene rings is 3. The number of carbonyl (C=O) groups excluding carboxylic acids is 2. The highest BCUT2D eigenvalue weighted by Crippen LogP contribution is 2.20. The van der Waals surface area contributed by atoms with Crippen molar-refractivity contribution in [2.45, 2.75) is 13.5 Å². The predicted molar refractivity (Wildman–Crippen MR) is 132 cm³/mol. The molecule has 2 amide bonds. The molecule has 7 heteroatoms. The first-order chi connectivity index (χ1) is 16.5. The monoisotopic (exact) mass is 460 g/mol. The summed E-state index contributed by atoms with van der Waals surface area (Å²) in [5, 5.41) is 5.94. The maximum atomic E-state index is 12.9. The number of aryl methyl sites for hydroxylation is 1. The quantitative estimate of drug-likeness (QED) is 0.563. The minimum Gasteiger partial charge on any atom is -0.368 e. The Labute approximate surface area is 199 Å². The average Bonchev–Trinajstić information content (AvgIpc) is 2.86. The predicted octanol–water partition coefficient (Wildman–Crippen LogP) is 3.82. The lowest BCUT2D eigenvalue weighted by Gasteiger charge is -2.36. The molecule has 3 aromatic rings. The van der Waals surface area contributed by atoms with Gasteiger partial charge in [-0.1, -0.05) is 29.8 Å². The summed E-state index contributed by atoms with van der Waals surface area (Å²) in [4.78, 5) is 29.1. The van der Waals surface area contributed by atoms with Crippen LogP contribution in [0.25, 0.3) is 0 Å². The molecule has 3 aromatic carbocycles. The van der Waals surface area contributed by atoms with Crippen molar-refractivity contribution in [2.24, 2.45) is 0 Å². The third-order valence-electron chi connectivity index (χ3n) is 5.91. The first-order valence-electron chi connectivity index (χ1n) is 11.4. The summed E-state index contributed by atoms with van der Waals surface area (Å²) in [6, 6.07) is 21.6. The van der Waals surface area contributed by atoms with Gasteiger partial charge >= 0.3 is 0 Å². The molecule has 0 unspecified atom stereocenters. The molecule has 2 N–H and O–H groups in total. The SMILES string of the molecule is Cc1ccc(C(=O)N2CCN(c3ccc(NC(=O)CNCc4ccc(F)cc4)cc3)CC2)cc1. The summed E-state index contributed by atoms with van der Waals surface area (Å²) in [5.41, 5.74) is 4.58. The van der Waals surface area contributed by atoms with Crippen molar-refractivity contribution in [3.05, 3.63) is 95.3 Å². The van der Waals surface area contributed by atoms with E-state index >= 15 is 0 Å². The molecular formula is C27H29FN4O2. The van der Waals surface area contributed by atoms with Gasteiger partial charge in [-0.15, -0.1) is 0 Å². The van der Waals surface area contributed by atoms with Gasteiger partial charge in [-0.05, 0) is 61.0 Å². The smallest absolute Gasteiger partial charge is 0.253 e. The molecule has 0 saturated carbocycles. The molecule has 1 fully saturated rings. The zero-order valence-corrected chi connectivity index (χ0v) is 19.3. The number of nitrogens with one attached hydrogen (secondary N) is 2. The number of anilines is 2. The van der Waals surface area contributed by atoms with Crippen LogP contribution in [0.5, 0.6) is 0 Å². The standard InChI is InChI=1S/C27H29FN4O2/c1-20-2-6-22(7-3-20)27(34)32-16-14-31(15-17-32)25-12-10-24(11-13-25)30-26(33)19-29-18-21-4-8-23(28)9-5-21/h2-13,29H,14-19H2,1H3,(H,30,33). The number of hydrogen-bond acceptors (Lipinski definition) is 4. The fourth-order valence-electron chi connectivity index (χ4n) is 3.93. The molecule has 0 aromatic heterocycles. The summed E-state index contributed by atoms with van der Waals surface area (Å²) >= 11 is 0. The second kappa shape index (κ2) is 10.9. The maximum Gasteiger partial charge on any atom is 0.253 e. The van der Waals surface area contributed by atoms with Crippen LogP contribution in [0.3, 0.4) is 0 Å². The summed E-state index contributed by atoms with van der Waals surface area (Å²) in [6.07, 6.45) is 0. The van der Waals surface area contributed by atoms with Gasteiger partial charge in [0, 0.05) is 49.7 Å². The minimum atomic E-state index is -0.275. The number of piperazine rings is 1. The molecule has 0 spiro atoms. The number of nitrogens with zero attached hydrogens (tertiary/aromatic N) is 2. The molecule has 34 heavy (non-hydrogen) atoms. The van der Waals surface area contributed by atoms with Crippen LogP contribution >= 0.6 is 0 Å². The van der Waals surface area contributed by atoms with Crippen molar-refractivity contribution in [1.82, 2.24) is 10.2 Å². The second-order valence-corrected chi connectivity index (χ2v) is 8.47. The van der Waals surface area contributed by atoms with Gasteiger partial charge in [0.2, 0.25) is 5.91 Å². The summed E-state index contributed by atoms with van der Waals surface area (Å²) in [6.45, 7) is 5.53. The molecule has 1 aliphatic heterocycles. The highest BCUT2D eigenvalue weighted by atomic mass is 19.1. The molecule has 6 nitrogen and oxygen atoms in total. The van der Waals surface area contributed by atoms with E-state index in [2.05, 4.69) is 15.5 Å². The maximum absolute atomic E-state index is 12.9. The molecule has 0 bridgehead atoms. The Bertz CT molecular complexity index is 1110. The average molecular weight is 461 g/mol. The van der Waals surface area contributed by atoms with Crippen LogP contribution in [0.4, 0.5) is 15.8 Å². The Morgan fingerprint density at radius 2 is 1.50 bits per heavy atom. The Morgan fingerprint density at radius 3 is 2.15 bits per heavy atom. The van der Waals surface area contributed by atoms with Crippen LogP contribution in [0.1, 0.15) is 21.5 Å². The van der Waals surface area contributed by atoms with E-state index in [1.54, 1.807) is 12.1 Å². The zero-order valence-electron chi connectivity index (χ0n) is 19.3. The minimum absolute atomic E-state index is 0.0748. The van der Waals surface area contributed by atoms with Gasteiger partial charge in [-0.25, -0.2) is 4.39 Å². The van der Waals surface area contributed by atoms with Crippen molar-refractivity contribution < 1.29 is 14.0 Å². The van der Waals surface area contributed by atoms with Gasteiger partial charge in [0.25, 0.3) is 5.91 Å². The van der Waals surface area contributed by atoms with Gasteiger partial charge in [0.1, 0.15) is 5.82 Å². The van der Waals surface area contributed by atoms with Crippen molar-refractivity contribution in [1.29, 1.82) is 0 Å². The van der Waals surface area contributed by atoms with Crippen molar-refractivity contribution in [2.75, 3.05) is 42.9 Å². The lowest BCUT2D eigenvalue weighted by Crippen LogP contribution is -2.48. The molecule has 1 heterocycles. The first-order valence-corrected chi connectivity index (χ1v) is 11.4. The Morgan fingerprint density at radius 1 is 0.853 bits per heavy atom. The van der Waals surface area contributed by atoms with Crippen LogP contribution < -0.4 is 15.5 Å². The summed E-state index contributed by atoms with van der Waals surface area (Å²) in [7, 11) is 0. The number of hydrogen-bond donors (Lipinski definition) is 2. The van der Waals surface area contributed by atoms with Gasteiger partial charge in [0.15, 0.2) is 0 Å². The first kappa shape index (κ1) is 23.4. The third kappa shape index (κ3) is 6.20. The molecule has 0 radical (unpaired) electrons. The Balaban J connectivity index is 1.22. The third-order valence-corrected chi connectivity index (χ3v) is 5.91. The topological polar surface area (TPSA) is 64.7 Å². The van der Waals surface area contributed by atoms with Crippen LogP contribution in [-0.4, -0.2) is 49.4 Å². The van der Waals surface area contributed by atoms with Gasteiger partial charge in [-0.2, -0.15) is 0 Å². The van der Waals surface area contributed by atoms with Crippen LogP contribution in [0, 0.1) is 12.7 Å². The highest BCUT2D eigenvalue weighted by Gasteiger charge is 2.22. The molecular weight excluding hydrogens is 431 g/mol. The largest absolute Gasteiger partial charge is 0.368 e. The number of amides is 2. The van der Waals surface area contributed by atoms with E-state index in [0.29, 0.717) is 19.6 Å². The lowest BCUT2D eigenvalue weighted by atomic mass is 10.1. The summed E-state index contributed by atoms with van der Waals surface area (Å²) in [5.74, 6) is -0.341. The number of rotatable bonds is 7. The van der Waals surface area contributed by atoms with Gasteiger partial charge in [0.05, 0.1) is 6.54 Å². The van der Waals surface area contributed by atoms with E-state index in [-0.39, 0.29) is 24.2 Å². The molecule has 176 valence electrons. The second-order valence-electron chi connectivity index (χ2n) is 8.47. The number of halogens is 1. The fourth-order valence-corrected chi connectivity index (χ4v) is 3.93.